The molecule has 44 heavy (non-hydrogen) atoms. The van der Waals surface area contributed by atoms with E-state index >= 15 is 0 Å². The van der Waals surface area contributed by atoms with E-state index in [2.05, 4.69) is 10.6 Å². The second kappa shape index (κ2) is 15.6. The summed E-state index contributed by atoms with van der Waals surface area (Å²) in [7, 11) is 0. The fourth-order valence-corrected chi connectivity index (χ4v) is 5.45. The van der Waals surface area contributed by atoms with Gasteiger partial charge in [-0.05, 0) is 87.6 Å². The Bertz CT molecular complexity index is 1400. The number of nitrogens with one attached hydrogen (secondary N) is 2. The number of nitrogens with zero attached hydrogens (tertiary/aromatic N) is 1. The summed E-state index contributed by atoms with van der Waals surface area (Å²) in [6, 6.07) is 21.0. The molecule has 3 amide bonds. The molecule has 1 aliphatic heterocycles. The number of carbonyl (C=O) groups excluding carboxylic acids is 3. The van der Waals surface area contributed by atoms with Gasteiger partial charge < -0.3 is 26.0 Å². The molecule has 0 spiro atoms. The highest BCUT2D eigenvalue weighted by Crippen LogP contribution is 2.22. The monoisotopic (exact) mass is 602 g/mol. The Labute approximate surface area is 259 Å². The molecule has 0 unspecified atom stereocenters. The molecule has 9 heteroatoms. The molecule has 0 saturated carbocycles. The van der Waals surface area contributed by atoms with Crippen LogP contribution < -0.4 is 16.4 Å². The van der Waals surface area contributed by atoms with E-state index < -0.39 is 18.0 Å². The number of nitrogens with two attached hydrogens (primary N) is 1. The van der Waals surface area contributed by atoms with Gasteiger partial charge in [0.25, 0.3) is 11.8 Å². The highest BCUT2D eigenvalue weighted by molar-refractivity contribution is 6.00. The SMILES string of the molecule is CC(C)OC[C@H]1CCCN1C(=O)c1cccc(C(=O)N[C@@H](Cc2ccccc2)[C@@H](N)C[C@@H](C)C(=O)Nc2ccc(F)cc2)c1. The van der Waals surface area contributed by atoms with Gasteiger partial charge in [-0.2, -0.15) is 0 Å². The average molecular weight is 603 g/mol. The van der Waals surface area contributed by atoms with E-state index in [1.807, 2.05) is 49.1 Å². The summed E-state index contributed by atoms with van der Waals surface area (Å²) in [6.45, 7) is 6.87. The van der Waals surface area contributed by atoms with Gasteiger partial charge in [-0.15, -0.1) is 0 Å². The maximum atomic E-state index is 13.6. The van der Waals surface area contributed by atoms with Crippen molar-refractivity contribution in [2.75, 3.05) is 18.5 Å². The molecule has 0 aromatic heterocycles. The summed E-state index contributed by atoms with van der Waals surface area (Å²) < 4.78 is 19.0. The zero-order valence-electron chi connectivity index (χ0n) is 25.7. The molecular weight excluding hydrogens is 559 g/mol. The Morgan fingerprint density at radius 3 is 2.39 bits per heavy atom. The van der Waals surface area contributed by atoms with Gasteiger partial charge in [0.15, 0.2) is 0 Å². The fourth-order valence-electron chi connectivity index (χ4n) is 5.45. The topological polar surface area (TPSA) is 114 Å². The molecule has 1 aliphatic rings. The maximum Gasteiger partial charge on any atom is 0.254 e. The van der Waals surface area contributed by atoms with Crippen LogP contribution in [-0.4, -0.2) is 60.0 Å². The third-order valence-electron chi connectivity index (χ3n) is 7.95. The Kier molecular flexibility index (Phi) is 11.6. The molecule has 1 saturated heterocycles. The number of anilines is 1. The molecule has 3 aromatic carbocycles. The molecule has 0 bridgehead atoms. The third kappa shape index (κ3) is 9.21. The fraction of sp³-hybridized carbons (Fsp3) is 0.400. The predicted octanol–water partition coefficient (Wildman–Crippen LogP) is 5.19. The van der Waals surface area contributed by atoms with E-state index in [0.29, 0.717) is 42.8 Å². The van der Waals surface area contributed by atoms with Crippen LogP contribution >= 0.6 is 0 Å². The molecule has 4 N–H and O–H groups in total. The highest BCUT2D eigenvalue weighted by atomic mass is 19.1. The zero-order chi connectivity index (χ0) is 31.6. The summed E-state index contributed by atoms with van der Waals surface area (Å²) in [6.07, 6.45) is 2.65. The normalized spacial score (nSPS) is 16.8. The van der Waals surface area contributed by atoms with Crippen molar-refractivity contribution in [3.63, 3.8) is 0 Å². The predicted molar refractivity (Wildman–Crippen MR) is 170 cm³/mol. The lowest BCUT2D eigenvalue weighted by Crippen LogP contribution is -2.50. The number of hydrogen-bond donors (Lipinski definition) is 3. The van der Waals surface area contributed by atoms with Crippen molar-refractivity contribution < 1.29 is 23.5 Å². The van der Waals surface area contributed by atoms with Crippen molar-refractivity contribution in [1.29, 1.82) is 0 Å². The molecule has 234 valence electrons. The van der Waals surface area contributed by atoms with Gasteiger partial charge in [0.2, 0.25) is 5.91 Å². The van der Waals surface area contributed by atoms with Gasteiger partial charge in [-0.3, -0.25) is 14.4 Å². The van der Waals surface area contributed by atoms with Crippen LogP contribution in [0.2, 0.25) is 0 Å². The summed E-state index contributed by atoms with van der Waals surface area (Å²) in [5.41, 5.74) is 8.94. The lowest BCUT2D eigenvalue weighted by atomic mass is 9.92. The summed E-state index contributed by atoms with van der Waals surface area (Å²) in [5, 5.41) is 5.87. The van der Waals surface area contributed by atoms with Gasteiger partial charge in [-0.1, -0.05) is 43.3 Å². The van der Waals surface area contributed by atoms with Crippen LogP contribution in [0.4, 0.5) is 10.1 Å². The second-order valence-electron chi connectivity index (χ2n) is 11.8. The van der Waals surface area contributed by atoms with Crippen molar-refractivity contribution in [1.82, 2.24) is 10.2 Å². The van der Waals surface area contributed by atoms with Crippen LogP contribution in [0.5, 0.6) is 0 Å². The Morgan fingerprint density at radius 2 is 1.68 bits per heavy atom. The van der Waals surface area contributed by atoms with E-state index in [1.54, 1.807) is 31.2 Å². The van der Waals surface area contributed by atoms with E-state index in [4.69, 9.17) is 10.5 Å². The molecule has 0 radical (unpaired) electrons. The highest BCUT2D eigenvalue weighted by Gasteiger charge is 2.31. The number of benzene rings is 3. The first-order valence-electron chi connectivity index (χ1n) is 15.3. The van der Waals surface area contributed by atoms with E-state index in [0.717, 1.165) is 18.4 Å². The van der Waals surface area contributed by atoms with Crippen molar-refractivity contribution in [3.05, 3.63) is 101 Å². The van der Waals surface area contributed by atoms with Crippen molar-refractivity contribution >= 4 is 23.4 Å². The summed E-state index contributed by atoms with van der Waals surface area (Å²) in [4.78, 5) is 41.7. The minimum atomic E-state index is -0.552. The molecule has 4 rings (SSSR count). The van der Waals surface area contributed by atoms with Gasteiger partial charge in [0.1, 0.15) is 5.82 Å². The second-order valence-corrected chi connectivity index (χ2v) is 11.8. The Balaban J connectivity index is 1.45. The van der Waals surface area contributed by atoms with Gasteiger partial charge in [0, 0.05) is 41.4 Å². The molecule has 4 atom stereocenters. The van der Waals surface area contributed by atoms with Crippen LogP contribution in [0.3, 0.4) is 0 Å². The van der Waals surface area contributed by atoms with E-state index in [1.165, 1.54) is 24.3 Å². The zero-order valence-corrected chi connectivity index (χ0v) is 25.7. The largest absolute Gasteiger partial charge is 0.377 e. The van der Waals surface area contributed by atoms with Crippen LogP contribution in [0, 0.1) is 11.7 Å². The quantitative estimate of drug-likeness (QED) is 0.249. The van der Waals surface area contributed by atoms with Gasteiger partial charge in [-0.25, -0.2) is 4.39 Å². The standard InChI is InChI=1S/C35H43FN4O4/c1-23(2)44-22-30-13-8-18-40(30)35(43)27-12-7-11-26(21-27)34(42)39-32(20-25-9-5-4-6-10-25)31(37)19-24(3)33(41)38-29-16-14-28(36)15-17-29/h4-7,9-12,14-17,21,23-24,30-32H,8,13,18-20,22,37H2,1-3H3,(H,38,41)(H,39,42)/t24-,30-,31+,32+/m1/s1. The molecule has 0 aliphatic carbocycles. The smallest absolute Gasteiger partial charge is 0.254 e. The van der Waals surface area contributed by atoms with Crippen LogP contribution in [0.1, 0.15) is 66.3 Å². The van der Waals surface area contributed by atoms with E-state index in [-0.39, 0.29) is 35.7 Å². The maximum absolute atomic E-state index is 13.6. The molecule has 3 aromatic rings. The summed E-state index contributed by atoms with van der Waals surface area (Å²) in [5.74, 6) is -1.57. The summed E-state index contributed by atoms with van der Waals surface area (Å²) >= 11 is 0. The minimum absolute atomic E-state index is 0.0119. The Hall–Kier alpha value is -4.08. The minimum Gasteiger partial charge on any atom is -0.377 e. The number of likely N-dealkylation sites (tertiary alicyclic amines) is 1. The Morgan fingerprint density at radius 1 is 0.977 bits per heavy atom. The third-order valence-corrected chi connectivity index (χ3v) is 7.95. The molecule has 1 fully saturated rings. The van der Waals surface area contributed by atoms with Crippen LogP contribution in [0.15, 0.2) is 78.9 Å². The number of carbonyl (C=O) groups is 3. The lowest BCUT2D eigenvalue weighted by Gasteiger charge is -2.28. The van der Waals surface area contributed by atoms with E-state index in [9.17, 15) is 18.8 Å². The van der Waals surface area contributed by atoms with Gasteiger partial charge >= 0.3 is 0 Å². The first kappa shape index (κ1) is 32.8. The molecule has 8 nitrogen and oxygen atoms in total. The molecular formula is C35H43FN4O4. The molecule has 1 heterocycles. The van der Waals surface area contributed by atoms with Gasteiger partial charge in [0.05, 0.1) is 18.8 Å². The van der Waals surface area contributed by atoms with Crippen LogP contribution in [0.25, 0.3) is 0 Å². The lowest BCUT2D eigenvalue weighted by molar-refractivity contribution is -0.119. The number of ether oxygens (including phenoxy) is 1. The van der Waals surface area contributed by atoms with Crippen molar-refractivity contribution in [3.8, 4) is 0 Å². The average Bonchev–Trinajstić information content (AvgIpc) is 3.49. The number of rotatable bonds is 13. The van der Waals surface area contributed by atoms with Crippen molar-refractivity contribution in [2.24, 2.45) is 11.7 Å². The van der Waals surface area contributed by atoms with Crippen molar-refractivity contribution in [2.45, 2.75) is 70.7 Å². The first-order chi connectivity index (χ1) is 21.1. The first-order valence-corrected chi connectivity index (χ1v) is 15.3. The number of hydrogen-bond acceptors (Lipinski definition) is 5. The van der Waals surface area contributed by atoms with Crippen LogP contribution in [-0.2, 0) is 16.0 Å². The number of halogens is 1. The number of amides is 3.